The van der Waals surface area contributed by atoms with Crippen molar-refractivity contribution in [3.05, 3.63) is 0 Å². The van der Waals surface area contributed by atoms with Gasteiger partial charge in [-0.3, -0.25) is 4.79 Å². The molecule has 0 bridgehead atoms. The SMILES string of the molecule is CCOC(=O)[C@H](C)C1(N[S@](=O)C(C)(C)C)COC1. The lowest BCUT2D eigenvalue weighted by atomic mass is 9.84. The summed E-state index contributed by atoms with van der Waals surface area (Å²) in [5, 5.41) is 0. The molecule has 0 saturated carbocycles. The maximum Gasteiger partial charge on any atom is 0.310 e. The topological polar surface area (TPSA) is 64.6 Å². The molecule has 1 aliphatic rings. The second-order valence-electron chi connectivity index (χ2n) is 5.61. The summed E-state index contributed by atoms with van der Waals surface area (Å²) in [7, 11) is -1.23. The smallest absolute Gasteiger partial charge is 0.310 e. The molecule has 1 N–H and O–H groups in total. The van der Waals surface area contributed by atoms with Gasteiger partial charge in [-0.15, -0.1) is 0 Å². The summed E-state index contributed by atoms with van der Waals surface area (Å²) in [6, 6.07) is 0. The molecule has 0 aromatic heterocycles. The molecule has 6 heteroatoms. The fourth-order valence-corrected chi connectivity index (χ4v) is 2.52. The van der Waals surface area contributed by atoms with Gasteiger partial charge in [-0.25, -0.2) is 8.93 Å². The Labute approximate surface area is 111 Å². The lowest BCUT2D eigenvalue weighted by Gasteiger charge is -2.45. The van der Waals surface area contributed by atoms with E-state index in [1.165, 1.54) is 0 Å². The molecule has 0 aromatic rings. The molecule has 1 aliphatic heterocycles. The van der Waals surface area contributed by atoms with Crippen LogP contribution in [0, 0.1) is 5.92 Å². The number of hydrogen-bond acceptors (Lipinski definition) is 4. The summed E-state index contributed by atoms with van der Waals surface area (Å²) in [5.41, 5.74) is -0.565. The lowest BCUT2D eigenvalue weighted by molar-refractivity contribution is -0.161. The molecule has 0 aromatic carbocycles. The number of carbonyl (C=O) groups is 1. The first kappa shape index (κ1) is 15.6. The van der Waals surface area contributed by atoms with Gasteiger partial charge < -0.3 is 9.47 Å². The summed E-state index contributed by atoms with van der Waals surface area (Å²) >= 11 is 0. The van der Waals surface area contributed by atoms with Crippen molar-refractivity contribution in [2.24, 2.45) is 5.92 Å². The van der Waals surface area contributed by atoms with Crippen LogP contribution >= 0.6 is 0 Å². The van der Waals surface area contributed by atoms with Gasteiger partial charge in [0.05, 0.1) is 47.0 Å². The van der Waals surface area contributed by atoms with Crippen LogP contribution < -0.4 is 4.72 Å². The zero-order valence-electron chi connectivity index (χ0n) is 11.7. The van der Waals surface area contributed by atoms with E-state index in [0.29, 0.717) is 19.8 Å². The average Bonchev–Trinajstić information content (AvgIpc) is 2.21. The summed E-state index contributed by atoms with van der Waals surface area (Å²) in [4.78, 5) is 11.8. The summed E-state index contributed by atoms with van der Waals surface area (Å²) in [5.74, 6) is -0.656. The van der Waals surface area contributed by atoms with E-state index in [1.807, 2.05) is 20.8 Å². The Morgan fingerprint density at radius 3 is 2.39 bits per heavy atom. The van der Waals surface area contributed by atoms with E-state index in [4.69, 9.17) is 9.47 Å². The first-order valence-electron chi connectivity index (χ1n) is 6.17. The molecule has 5 nitrogen and oxygen atoms in total. The van der Waals surface area contributed by atoms with E-state index in [0.717, 1.165) is 0 Å². The first-order chi connectivity index (χ1) is 8.23. The maximum atomic E-state index is 12.2. The minimum atomic E-state index is -1.23. The van der Waals surface area contributed by atoms with Crippen molar-refractivity contribution in [1.29, 1.82) is 0 Å². The van der Waals surface area contributed by atoms with E-state index >= 15 is 0 Å². The molecule has 0 unspecified atom stereocenters. The second kappa shape index (κ2) is 5.67. The molecule has 106 valence electrons. The normalized spacial score (nSPS) is 21.8. The third-order valence-corrected chi connectivity index (χ3v) is 4.74. The van der Waals surface area contributed by atoms with Gasteiger partial charge >= 0.3 is 5.97 Å². The van der Waals surface area contributed by atoms with E-state index in [2.05, 4.69) is 4.72 Å². The van der Waals surface area contributed by atoms with E-state index in [-0.39, 0.29) is 16.6 Å². The Hall–Kier alpha value is -0.460. The van der Waals surface area contributed by atoms with Crippen molar-refractivity contribution in [2.45, 2.75) is 44.9 Å². The van der Waals surface area contributed by atoms with Crippen molar-refractivity contribution in [2.75, 3.05) is 19.8 Å². The van der Waals surface area contributed by atoms with Gasteiger partial charge in [0.15, 0.2) is 0 Å². The van der Waals surface area contributed by atoms with Crippen LogP contribution in [0.3, 0.4) is 0 Å². The molecule has 2 atom stereocenters. The summed E-state index contributed by atoms with van der Waals surface area (Å²) in [6.07, 6.45) is 0. The van der Waals surface area contributed by atoms with Gasteiger partial charge in [0, 0.05) is 0 Å². The van der Waals surface area contributed by atoms with Crippen LogP contribution in [0.4, 0.5) is 0 Å². The van der Waals surface area contributed by atoms with Crippen LogP contribution in [0.2, 0.25) is 0 Å². The zero-order chi connectivity index (χ0) is 14.0. The number of esters is 1. The highest BCUT2D eigenvalue weighted by molar-refractivity contribution is 7.84. The molecule has 18 heavy (non-hydrogen) atoms. The van der Waals surface area contributed by atoms with Gasteiger partial charge in [0.25, 0.3) is 0 Å². The molecule has 0 amide bonds. The quantitative estimate of drug-likeness (QED) is 0.762. The molecule has 0 radical (unpaired) electrons. The van der Waals surface area contributed by atoms with Crippen molar-refractivity contribution in [3.63, 3.8) is 0 Å². The maximum absolute atomic E-state index is 12.2. The predicted molar refractivity (Wildman–Crippen MR) is 70.4 cm³/mol. The Morgan fingerprint density at radius 1 is 1.50 bits per heavy atom. The molecule has 0 spiro atoms. The number of rotatable bonds is 5. The summed E-state index contributed by atoms with van der Waals surface area (Å²) in [6.45, 7) is 10.3. The van der Waals surface area contributed by atoms with Crippen molar-refractivity contribution >= 4 is 17.0 Å². The van der Waals surface area contributed by atoms with Crippen LogP contribution in [-0.4, -0.2) is 40.3 Å². The molecular formula is C12H23NO4S. The van der Waals surface area contributed by atoms with Gasteiger partial charge in [-0.2, -0.15) is 0 Å². The van der Waals surface area contributed by atoms with Gasteiger partial charge in [0.2, 0.25) is 0 Å². The standard InChI is InChI=1S/C12H23NO4S/c1-6-17-10(14)9(2)12(7-16-8-12)13-18(15)11(3,4)5/h9,13H,6-8H2,1-5H3/t9-,18+/m0/s1. The third-order valence-electron chi connectivity index (χ3n) is 3.04. The van der Waals surface area contributed by atoms with Gasteiger partial charge in [0.1, 0.15) is 0 Å². The van der Waals surface area contributed by atoms with Crippen LogP contribution in [0.5, 0.6) is 0 Å². The fraction of sp³-hybridized carbons (Fsp3) is 0.917. The molecular weight excluding hydrogens is 254 g/mol. The number of ether oxygens (including phenoxy) is 2. The van der Waals surface area contributed by atoms with Crippen molar-refractivity contribution < 1.29 is 18.5 Å². The highest BCUT2D eigenvalue weighted by atomic mass is 32.2. The Morgan fingerprint density at radius 2 is 2.06 bits per heavy atom. The minimum absolute atomic E-state index is 0.279. The average molecular weight is 277 g/mol. The predicted octanol–water partition coefficient (Wildman–Crippen LogP) is 1.01. The Kier molecular flexibility index (Phi) is 4.91. The fourth-order valence-electron chi connectivity index (χ4n) is 1.55. The zero-order valence-corrected chi connectivity index (χ0v) is 12.6. The number of carbonyl (C=O) groups excluding carboxylic acids is 1. The monoisotopic (exact) mass is 277 g/mol. The highest BCUT2D eigenvalue weighted by Gasteiger charge is 2.49. The van der Waals surface area contributed by atoms with E-state index in [9.17, 15) is 9.00 Å². The van der Waals surface area contributed by atoms with E-state index in [1.54, 1.807) is 13.8 Å². The van der Waals surface area contributed by atoms with E-state index < -0.39 is 16.5 Å². The third kappa shape index (κ3) is 3.30. The van der Waals surface area contributed by atoms with Gasteiger partial charge in [-0.05, 0) is 34.6 Å². The Bertz CT molecular complexity index is 333. The second-order valence-corrected chi connectivity index (χ2v) is 7.57. The van der Waals surface area contributed by atoms with Crippen LogP contribution in [0.15, 0.2) is 0 Å². The number of nitrogens with one attached hydrogen (secondary N) is 1. The Balaban J connectivity index is 2.74. The summed E-state index contributed by atoms with van der Waals surface area (Å²) < 4.78 is 25.0. The van der Waals surface area contributed by atoms with Crippen molar-refractivity contribution in [1.82, 2.24) is 4.72 Å². The van der Waals surface area contributed by atoms with Crippen LogP contribution in [-0.2, 0) is 25.3 Å². The lowest BCUT2D eigenvalue weighted by Crippen LogP contribution is -2.67. The highest BCUT2D eigenvalue weighted by Crippen LogP contribution is 2.29. The van der Waals surface area contributed by atoms with Crippen LogP contribution in [0.1, 0.15) is 34.6 Å². The number of hydrogen-bond donors (Lipinski definition) is 1. The first-order valence-corrected chi connectivity index (χ1v) is 7.32. The molecule has 1 heterocycles. The van der Waals surface area contributed by atoms with Crippen molar-refractivity contribution in [3.8, 4) is 0 Å². The minimum Gasteiger partial charge on any atom is -0.466 e. The van der Waals surface area contributed by atoms with Gasteiger partial charge in [-0.1, -0.05) is 0 Å². The molecule has 1 rings (SSSR count). The van der Waals surface area contributed by atoms with Crippen LogP contribution in [0.25, 0.3) is 0 Å². The molecule has 1 saturated heterocycles. The molecule has 0 aliphatic carbocycles. The largest absolute Gasteiger partial charge is 0.466 e. The molecule has 1 fully saturated rings.